The Morgan fingerprint density at radius 1 is 1.62 bits per heavy atom. The number of hydrogen-bond acceptors (Lipinski definition) is 3. The topological polar surface area (TPSA) is 70.7 Å². The van der Waals surface area contributed by atoms with Crippen LogP contribution in [0.3, 0.4) is 0 Å². The lowest BCUT2D eigenvalue weighted by Crippen LogP contribution is -2.50. The van der Waals surface area contributed by atoms with Crippen molar-refractivity contribution in [2.75, 3.05) is 33.3 Å². The molecule has 1 aliphatic rings. The van der Waals surface area contributed by atoms with Crippen LogP contribution < -0.4 is 10.6 Å². The van der Waals surface area contributed by atoms with E-state index in [2.05, 4.69) is 17.2 Å². The van der Waals surface area contributed by atoms with Crippen molar-refractivity contribution in [2.24, 2.45) is 0 Å². The highest BCUT2D eigenvalue weighted by Gasteiger charge is 2.22. The third-order valence-corrected chi connectivity index (χ3v) is 2.34. The van der Waals surface area contributed by atoms with Crippen molar-refractivity contribution in [3.63, 3.8) is 0 Å². The number of morpholine rings is 1. The molecule has 1 atom stereocenters. The van der Waals surface area contributed by atoms with Crippen molar-refractivity contribution in [1.29, 1.82) is 0 Å². The van der Waals surface area contributed by atoms with Crippen molar-refractivity contribution in [1.82, 2.24) is 15.5 Å². The molecule has 1 aliphatic heterocycles. The maximum Gasteiger partial charge on any atom is 0.314 e. The van der Waals surface area contributed by atoms with Gasteiger partial charge in [0.2, 0.25) is 5.91 Å². The van der Waals surface area contributed by atoms with Crippen LogP contribution >= 0.6 is 0 Å². The van der Waals surface area contributed by atoms with Crippen molar-refractivity contribution in [3.05, 3.63) is 12.7 Å². The van der Waals surface area contributed by atoms with Crippen molar-refractivity contribution < 1.29 is 14.3 Å². The summed E-state index contributed by atoms with van der Waals surface area (Å²) in [7, 11) is 1.55. The number of nitrogens with one attached hydrogen (secondary N) is 2. The summed E-state index contributed by atoms with van der Waals surface area (Å²) in [6.07, 6.45) is 1.13. The first-order valence-electron chi connectivity index (χ1n) is 5.16. The predicted molar refractivity (Wildman–Crippen MR) is 59.0 cm³/mol. The Balaban J connectivity index is 2.35. The maximum absolute atomic E-state index is 11.4. The molecule has 0 aromatic heterocycles. The Bertz CT molecular complexity index is 280. The number of amides is 3. The van der Waals surface area contributed by atoms with Gasteiger partial charge in [0.1, 0.15) is 0 Å². The highest BCUT2D eigenvalue weighted by Crippen LogP contribution is 2.04. The van der Waals surface area contributed by atoms with E-state index in [-0.39, 0.29) is 18.0 Å². The monoisotopic (exact) mass is 227 g/mol. The van der Waals surface area contributed by atoms with Gasteiger partial charge in [0, 0.05) is 26.7 Å². The van der Waals surface area contributed by atoms with Gasteiger partial charge in [-0.3, -0.25) is 4.79 Å². The van der Waals surface area contributed by atoms with Gasteiger partial charge in [-0.15, -0.1) is 0 Å². The van der Waals surface area contributed by atoms with Gasteiger partial charge in [-0.05, 0) is 6.08 Å². The van der Waals surface area contributed by atoms with Gasteiger partial charge in [0.25, 0.3) is 0 Å². The lowest BCUT2D eigenvalue weighted by molar-refractivity contribution is -0.133. The molecule has 1 fully saturated rings. The summed E-state index contributed by atoms with van der Waals surface area (Å²) >= 11 is 0. The molecule has 0 spiro atoms. The fourth-order valence-electron chi connectivity index (χ4n) is 1.47. The summed E-state index contributed by atoms with van der Waals surface area (Å²) in [4.78, 5) is 24.0. The minimum Gasteiger partial charge on any atom is -0.373 e. The van der Waals surface area contributed by atoms with Crippen LogP contribution in [0.1, 0.15) is 0 Å². The molecule has 1 saturated heterocycles. The van der Waals surface area contributed by atoms with E-state index in [0.717, 1.165) is 0 Å². The SMILES string of the molecule is C=CC(=O)N1CCOC(CNC(=O)NC)C1. The van der Waals surface area contributed by atoms with E-state index in [1.54, 1.807) is 11.9 Å². The first-order chi connectivity index (χ1) is 7.67. The quantitative estimate of drug-likeness (QED) is 0.628. The van der Waals surface area contributed by atoms with Crippen LogP contribution in [0.25, 0.3) is 0 Å². The third-order valence-electron chi connectivity index (χ3n) is 2.34. The zero-order chi connectivity index (χ0) is 12.0. The molecule has 0 radical (unpaired) electrons. The number of hydrogen-bond donors (Lipinski definition) is 2. The summed E-state index contributed by atoms with van der Waals surface area (Å²) in [5, 5.41) is 5.09. The Kier molecular flexibility index (Phi) is 4.78. The van der Waals surface area contributed by atoms with Gasteiger partial charge in [0.15, 0.2) is 0 Å². The Labute approximate surface area is 94.6 Å². The second kappa shape index (κ2) is 6.12. The zero-order valence-corrected chi connectivity index (χ0v) is 9.36. The second-order valence-corrected chi connectivity index (χ2v) is 3.44. The molecule has 0 aromatic carbocycles. The van der Waals surface area contributed by atoms with E-state index in [0.29, 0.717) is 26.2 Å². The number of carbonyl (C=O) groups excluding carboxylic acids is 2. The Hall–Kier alpha value is -1.56. The normalized spacial score (nSPS) is 20.1. The van der Waals surface area contributed by atoms with E-state index < -0.39 is 0 Å². The molecule has 1 unspecified atom stereocenters. The number of nitrogens with zero attached hydrogens (tertiary/aromatic N) is 1. The minimum atomic E-state index is -0.254. The molecule has 2 N–H and O–H groups in total. The molecule has 16 heavy (non-hydrogen) atoms. The number of rotatable bonds is 3. The molecule has 0 aromatic rings. The standard InChI is InChI=1S/C10H17N3O3/c1-3-9(14)13-4-5-16-8(7-13)6-12-10(15)11-2/h3,8H,1,4-7H2,2H3,(H2,11,12,15). The van der Waals surface area contributed by atoms with Gasteiger partial charge in [0.05, 0.1) is 12.7 Å². The molecule has 6 nitrogen and oxygen atoms in total. The Morgan fingerprint density at radius 2 is 2.38 bits per heavy atom. The average molecular weight is 227 g/mol. The van der Waals surface area contributed by atoms with Crippen molar-refractivity contribution in [3.8, 4) is 0 Å². The molecule has 0 aliphatic carbocycles. The van der Waals surface area contributed by atoms with Crippen LogP contribution in [0.2, 0.25) is 0 Å². The molecule has 1 heterocycles. The van der Waals surface area contributed by atoms with E-state index in [1.807, 2.05) is 0 Å². The van der Waals surface area contributed by atoms with Gasteiger partial charge in [-0.1, -0.05) is 6.58 Å². The van der Waals surface area contributed by atoms with Crippen LogP contribution in [-0.4, -0.2) is 56.2 Å². The second-order valence-electron chi connectivity index (χ2n) is 3.44. The van der Waals surface area contributed by atoms with Crippen molar-refractivity contribution >= 4 is 11.9 Å². The molecular weight excluding hydrogens is 210 g/mol. The smallest absolute Gasteiger partial charge is 0.314 e. The van der Waals surface area contributed by atoms with Crippen LogP contribution in [0.5, 0.6) is 0 Å². The number of urea groups is 1. The van der Waals surface area contributed by atoms with Crippen LogP contribution in [0.15, 0.2) is 12.7 Å². The molecule has 3 amide bonds. The molecular formula is C10H17N3O3. The third kappa shape index (κ3) is 3.54. The lowest BCUT2D eigenvalue weighted by atomic mass is 10.2. The number of carbonyl (C=O) groups is 2. The molecule has 90 valence electrons. The van der Waals surface area contributed by atoms with Gasteiger partial charge >= 0.3 is 6.03 Å². The average Bonchev–Trinajstić information content (AvgIpc) is 2.35. The fraction of sp³-hybridized carbons (Fsp3) is 0.600. The zero-order valence-electron chi connectivity index (χ0n) is 9.36. The lowest BCUT2D eigenvalue weighted by Gasteiger charge is -2.32. The Morgan fingerprint density at radius 3 is 3.00 bits per heavy atom. The maximum atomic E-state index is 11.4. The molecule has 1 rings (SSSR count). The summed E-state index contributed by atoms with van der Waals surface area (Å²) in [5.74, 6) is -0.103. The van der Waals surface area contributed by atoms with Gasteiger partial charge < -0.3 is 20.3 Å². The fourth-order valence-corrected chi connectivity index (χ4v) is 1.47. The van der Waals surface area contributed by atoms with Gasteiger partial charge in [-0.25, -0.2) is 4.79 Å². The van der Waals surface area contributed by atoms with Crippen LogP contribution in [0, 0.1) is 0 Å². The summed E-state index contributed by atoms with van der Waals surface area (Å²) < 4.78 is 5.43. The first kappa shape index (κ1) is 12.5. The minimum absolute atomic E-state index is 0.103. The first-order valence-corrected chi connectivity index (χ1v) is 5.16. The van der Waals surface area contributed by atoms with E-state index >= 15 is 0 Å². The molecule has 6 heteroatoms. The highest BCUT2D eigenvalue weighted by atomic mass is 16.5. The van der Waals surface area contributed by atoms with Crippen LogP contribution in [-0.2, 0) is 9.53 Å². The van der Waals surface area contributed by atoms with E-state index in [1.165, 1.54) is 6.08 Å². The largest absolute Gasteiger partial charge is 0.373 e. The summed E-state index contributed by atoms with van der Waals surface area (Å²) in [6.45, 7) is 5.36. The van der Waals surface area contributed by atoms with Gasteiger partial charge in [-0.2, -0.15) is 0 Å². The number of ether oxygens (including phenoxy) is 1. The highest BCUT2D eigenvalue weighted by molar-refractivity contribution is 5.87. The van der Waals surface area contributed by atoms with E-state index in [9.17, 15) is 9.59 Å². The summed E-state index contributed by atoms with van der Waals surface area (Å²) in [6, 6.07) is -0.254. The summed E-state index contributed by atoms with van der Waals surface area (Å²) in [5.41, 5.74) is 0. The molecule has 0 bridgehead atoms. The van der Waals surface area contributed by atoms with Crippen molar-refractivity contribution in [2.45, 2.75) is 6.10 Å². The molecule has 0 saturated carbocycles. The van der Waals surface area contributed by atoms with Crippen LogP contribution in [0.4, 0.5) is 4.79 Å². The predicted octanol–water partition coefficient (Wildman–Crippen LogP) is -0.671. The van der Waals surface area contributed by atoms with E-state index in [4.69, 9.17) is 4.74 Å².